The number of carbonyl (C=O) groups is 1. The molecule has 0 atom stereocenters. The lowest BCUT2D eigenvalue weighted by molar-refractivity contribution is 0.102. The summed E-state index contributed by atoms with van der Waals surface area (Å²) in [6.45, 7) is 1.90. The van der Waals surface area contributed by atoms with Gasteiger partial charge >= 0.3 is 0 Å². The van der Waals surface area contributed by atoms with Crippen LogP contribution in [0.2, 0.25) is 10.0 Å². The van der Waals surface area contributed by atoms with E-state index in [4.69, 9.17) is 23.2 Å². The summed E-state index contributed by atoms with van der Waals surface area (Å²) in [6.07, 6.45) is 4.86. The van der Waals surface area contributed by atoms with E-state index in [1.54, 1.807) is 48.9 Å². The fraction of sp³-hybridized carbons (Fsp3) is 0.0476. The second kappa shape index (κ2) is 7.54. The Hall–Kier alpha value is -3.02. The third-order valence-electron chi connectivity index (χ3n) is 4.29. The lowest BCUT2D eigenvalue weighted by Crippen LogP contribution is -2.13. The molecule has 0 aliphatic carbocycles. The molecule has 1 N–H and O–H groups in total. The maximum Gasteiger partial charge on any atom is 0.274 e. The Kier molecular flexibility index (Phi) is 4.94. The minimum Gasteiger partial charge on any atom is -0.321 e. The Labute approximate surface area is 171 Å². The summed E-state index contributed by atoms with van der Waals surface area (Å²) in [5, 5.41) is 3.93. The third-order valence-corrected chi connectivity index (χ3v) is 5.01. The van der Waals surface area contributed by atoms with Gasteiger partial charge in [-0.1, -0.05) is 35.3 Å². The number of amides is 1. The molecule has 0 bridgehead atoms. The third kappa shape index (κ3) is 3.67. The van der Waals surface area contributed by atoms with Crippen LogP contribution < -0.4 is 5.32 Å². The maximum absolute atomic E-state index is 12.4. The minimum atomic E-state index is -0.318. The molecule has 2 aromatic carbocycles. The molecule has 0 aliphatic rings. The number of aromatic nitrogens is 3. The highest BCUT2D eigenvalue weighted by Gasteiger charge is 2.11. The van der Waals surface area contributed by atoms with Gasteiger partial charge in [0.15, 0.2) is 0 Å². The number of benzene rings is 2. The predicted octanol–water partition coefficient (Wildman–Crippen LogP) is 5.56. The quantitative estimate of drug-likeness (QED) is 0.481. The Bertz CT molecular complexity index is 1190. The summed E-state index contributed by atoms with van der Waals surface area (Å²) >= 11 is 12.5. The molecule has 0 saturated heterocycles. The number of halogens is 2. The first kappa shape index (κ1) is 18.3. The van der Waals surface area contributed by atoms with E-state index in [-0.39, 0.29) is 11.6 Å². The van der Waals surface area contributed by atoms with Crippen LogP contribution in [0, 0.1) is 6.92 Å². The van der Waals surface area contributed by atoms with Gasteiger partial charge < -0.3 is 5.32 Å². The van der Waals surface area contributed by atoms with E-state index in [0.29, 0.717) is 15.7 Å². The van der Waals surface area contributed by atoms with E-state index >= 15 is 0 Å². The zero-order valence-electron chi connectivity index (χ0n) is 14.8. The molecule has 4 rings (SSSR count). The van der Waals surface area contributed by atoms with E-state index in [2.05, 4.69) is 20.3 Å². The number of anilines is 1. The number of pyridine rings is 1. The van der Waals surface area contributed by atoms with Gasteiger partial charge in [0.1, 0.15) is 5.69 Å². The smallest absolute Gasteiger partial charge is 0.274 e. The number of nitrogens with zero attached hydrogens (tertiary/aromatic N) is 3. The largest absolute Gasteiger partial charge is 0.321 e. The summed E-state index contributed by atoms with van der Waals surface area (Å²) in [5.41, 5.74) is 4.86. The number of hydrogen-bond donors (Lipinski definition) is 1. The fourth-order valence-electron chi connectivity index (χ4n) is 2.76. The summed E-state index contributed by atoms with van der Waals surface area (Å²) in [4.78, 5) is 25.3. The van der Waals surface area contributed by atoms with Gasteiger partial charge in [-0.3, -0.25) is 19.7 Å². The second-order valence-electron chi connectivity index (χ2n) is 6.23. The van der Waals surface area contributed by atoms with Gasteiger partial charge in [0, 0.05) is 40.4 Å². The molecule has 2 heterocycles. The Balaban J connectivity index is 1.59. The van der Waals surface area contributed by atoms with Crippen LogP contribution in [-0.4, -0.2) is 20.9 Å². The minimum absolute atomic E-state index is 0.289. The number of nitrogens with one attached hydrogen (secondary N) is 1. The monoisotopic (exact) mass is 408 g/mol. The molecule has 2 aromatic heterocycles. The summed E-state index contributed by atoms with van der Waals surface area (Å²) in [6, 6.07) is 12.4. The van der Waals surface area contributed by atoms with Crippen molar-refractivity contribution >= 4 is 45.8 Å². The van der Waals surface area contributed by atoms with Gasteiger partial charge in [0.25, 0.3) is 5.91 Å². The molecule has 0 unspecified atom stereocenters. The molecule has 28 heavy (non-hydrogen) atoms. The molecule has 4 aromatic rings. The van der Waals surface area contributed by atoms with Crippen molar-refractivity contribution < 1.29 is 4.79 Å². The van der Waals surface area contributed by atoms with Crippen LogP contribution in [0.15, 0.2) is 61.1 Å². The Morgan fingerprint density at radius 3 is 2.32 bits per heavy atom. The number of hydrogen-bond acceptors (Lipinski definition) is 4. The van der Waals surface area contributed by atoms with E-state index in [1.165, 1.54) is 0 Å². The molecule has 0 saturated carbocycles. The van der Waals surface area contributed by atoms with Gasteiger partial charge in [0.05, 0.1) is 16.1 Å². The van der Waals surface area contributed by atoms with Crippen molar-refractivity contribution in [1.82, 2.24) is 15.0 Å². The van der Waals surface area contributed by atoms with Crippen LogP contribution in [0.5, 0.6) is 0 Å². The topological polar surface area (TPSA) is 67.8 Å². The summed E-state index contributed by atoms with van der Waals surface area (Å²) < 4.78 is 0. The Morgan fingerprint density at radius 2 is 1.64 bits per heavy atom. The molecular weight excluding hydrogens is 395 g/mol. The number of carbonyl (C=O) groups excluding carboxylic acids is 1. The van der Waals surface area contributed by atoms with E-state index in [9.17, 15) is 4.79 Å². The first-order valence-electron chi connectivity index (χ1n) is 8.45. The van der Waals surface area contributed by atoms with Crippen LogP contribution in [-0.2, 0) is 0 Å². The zero-order valence-corrected chi connectivity index (χ0v) is 16.3. The van der Waals surface area contributed by atoms with Gasteiger partial charge in [-0.05, 0) is 42.8 Å². The molecule has 7 heteroatoms. The second-order valence-corrected chi connectivity index (χ2v) is 7.04. The van der Waals surface area contributed by atoms with Crippen LogP contribution in [0.3, 0.4) is 0 Å². The van der Waals surface area contributed by atoms with Gasteiger partial charge in [-0.25, -0.2) is 0 Å². The lowest BCUT2D eigenvalue weighted by Gasteiger charge is -2.08. The van der Waals surface area contributed by atoms with Crippen LogP contribution in [0.25, 0.3) is 22.2 Å². The van der Waals surface area contributed by atoms with Crippen molar-refractivity contribution in [3.63, 3.8) is 0 Å². The highest BCUT2D eigenvalue weighted by molar-refractivity contribution is 6.34. The van der Waals surface area contributed by atoms with Crippen LogP contribution in [0.1, 0.15) is 16.1 Å². The van der Waals surface area contributed by atoms with Crippen LogP contribution >= 0.6 is 23.2 Å². The van der Waals surface area contributed by atoms with Crippen molar-refractivity contribution in [1.29, 1.82) is 0 Å². The normalized spacial score (nSPS) is 10.8. The van der Waals surface area contributed by atoms with Gasteiger partial charge in [-0.2, -0.15) is 0 Å². The number of aryl methyl sites for hydroxylation is 1. The van der Waals surface area contributed by atoms with Gasteiger partial charge in [-0.15, -0.1) is 0 Å². The summed E-state index contributed by atoms with van der Waals surface area (Å²) in [7, 11) is 0. The van der Waals surface area contributed by atoms with E-state index in [0.717, 1.165) is 27.7 Å². The van der Waals surface area contributed by atoms with E-state index in [1.807, 2.05) is 19.1 Å². The highest BCUT2D eigenvalue weighted by Crippen LogP contribution is 2.30. The number of fused-ring (bicyclic) bond motifs is 1. The predicted molar refractivity (Wildman–Crippen MR) is 112 cm³/mol. The molecule has 0 spiro atoms. The number of rotatable bonds is 3. The molecule has 1 amide bonds. The average molecular weight is 409 g/mol. The standard InChI is InChI=1S/C21H14Cl2N4O/c1-12-2-4-14(8-16(12)22)27-21(28)18-5-3-13(11-26-18)15-9-19-20(10-17(15)23)25-7-6-24-19/h2-11H,1H3,(H,27,28). The van der Waals surface area contributed by atoms with Crippen molar-refractivity contribution in [2.45, 2.75) is 6.92 Å². The van der Waals surface area contributed by atoms with Gasteiger partial charge in [0.2, 0.25) is 0 Å². The molecule has 0 radical (unpaired) electrons. The molecular formula is C21H14Cl2N4O. The highest BCUT2D eigenvalue weighted by atomic mass is 35.5. The Morgan fingerprint density at radius 1 is 0.893 bits per heavy atom. The maximum atomic E-state index is 12.4. The molecule has 0 aliphatic heterocycles. The summed E-state index contributed by atoms with van der Waals surface area (Å²) in [5.74, 6) is -0.318. The first-order valence-corrected chi connectivity index (χ1v) is 9.21. The first-order chi connectivity index (χ1) is 13.5. The fourth-order valence-corrected chi connectivity index (χ4v) is 3.21. The molecule has 138 valence electrons. The SMILES string of the molecule is Cc1ccc(NC(=O)c2ccc(-c3cc4nccnc4cc3Cl)cn2)cc1Cl. The lowest BCUT2D eigenvalue weighted by atomic mass is 10.1. The van der Waals surface area contributed by atoms with Crippen molar-refractivity contribution in [3.8, 4) is 11.1 Å². The average Bonchev–Trinajstić information content (AvgIpc) is 2.70. The van der Waals surface area contributed by atoms with Crippen molar-refractivity contribution in [3.05, 3.63) is 82.4 Å². The van der Waals surface area contributed by atoms with Crippen molar-refractivity contribution in [2.24, 2.45) is 0 Å². The molecule has 5 nitrogen and oxygen atoms in total. The van der Waals surface area contributed by atoms with Crippen LogP contribution in [0.4, 0.5) is 5.69 Å². The van der Waals surface area contributed by atoms with Crippen molar-refractivity contribution in [2.75, 3.05) is 5.32 Å². The van der Waals surface area contributed by atoms with E-state index < -0.39 is 0 Å². The molecule has 0 fully saturated rings. The zero-order chi connectivity index (χ0) is 19.7.